The highest BCUT2D eigenvalue weighted by Crippen LogP contribution is 2.46. The summed E-state index contributed by atoms with van der Waals surface area (Å²) in [6.45, 7) is 3.61. The Labute approximate surface area is 134 Å². The highest BCUT2D eigenvalue weighted by molar-refractivity contribution is 7.90. The number of amides is 1. The first-order valence-electron chi connectivity index (χ1n) is 8.62. The predicted octanol–water partition coefficient (Wildman–Crippen LogP) is 1.14. The van der Waals surface area contributed by atoms with Gasteiger partial charge in [-0.1, -0.05) is 6.42 Å². The largest absolute Gasteiger partial charge is 0.340 e. The van der Waals surface area contributed by atoms with Gasteiger partial charge in [-0.2, -0.15) is 0 Å². The van der Waals surface area contributed by atoms with Gasteiger partial charge in [-0.3, -0.25) is 9.69 Å². The van der Waals surface area contributed by atoms with Crippen molar-refractivity contribution in [1.29, 1.82) is 0 Å². The maximum Gasteiger partial charge on any atom is 0.222 e. The molecule has 0 aromatic heterocycles. The molecule has 0 N–H and O–H groups in total. The monoisotopic (exact) mass is 328 g/mol. The summed E-state index contributed by atoms with van der Waals surface area (Å²) >= 11 is 0. The Balaban J connectivity index is 1.41. The Morgan fingerprint density at radius 1 is 1.09 bits per heavy atom. The van der Waals surface area contributed by atoms with Crippen LogP contribution in [0.25, 0.3) is 0 Å². The molecule has 1 aliphatic heterocycles. The van der Waals surface area contributed by atoms with Crippen molar-refractivity contribution in [3.05, 3.63) is 0 Å². The van der Waals surface area contributed by atoms with Crippen molar-refractivity contribution in [3.8, 4) is 0 Å². The zero-order valence-corrected chi connectivity index (χ0v) is 14.4. The van der Waals surface area contributed by atoms with Crippen molar-refractivity contribution in [2.75, 3.05) is 38.2 Å². The van der Waals surface area contributed by atoms with Gasteiger partial charge < -0.3 is 4.90 Å². The number of hydrogen-bond donors (Lipinski definition) is 0. The smallest absolute Gasteiger partial charge is 0.222 e. The predicted molar refractivity (Wildman–Crippen MR) is 86.3 cm³/mol. The minimum absolute atomic E-state index is 0.115. The van der Waals surface area contributed by atoms with Crippen LogP contribution in [0.15, 0.2) is 0 Å². The minimum Gasteiger partial charge on any atom is -0.340 e. The second-order valence-corrected chi connectivity index (χ2v) is 9.65. The van der Waals surface area contributed by atoms with Gasteiger partial charge in [0.1, 0.15) is 9.84 Å². The van der Waals surface area contributed by atoms with E-state index in [1.54, 1.807) is 0 Å². The molecule has 3 unspecified atom stereocenters. The Morgan fingerprint density at radius 3 is 2.36 bits per heavy atom. The van der Waals surface area contributed by atoms with E-state index in [9.17, 15) is 13.2 Å². The molecule has 0 radical (unpaired) electrons. The number of nitrogens with zero attached hydrogens (tertiary/aromatic N) is 2. The molecule has 3 rings (SSSR count). The van der Waals surface area contributed by atoms with Gasteiger partial charge in [-0.05, 0) is 37.5 Å². The Bertz CT molecular complexity index is 511. The molecule has 1 saturated heterocycles. The van der Waals surface area contributed by atoms with E-state index < -0.39 is 9.84 Å². The van der Waals surface area contributed by atoms with Crippen molar-refractivity contribution >= 4 is 15.7 Å². The van der Waals surface area contributed by atoms with E-state index in [0.717, 1.165) is 44.1 Å². The van der Waals surface area contributed by atoms with E-state index in [2.05, 4.69) is 4.90 Å². The van der Waals surface area contributed by atoms with Crippen LogP contribution < -0.4 is 0 Å². The van der Waals surface area contributed by atoms with Crippen LogP contribution >= 0.6 is 0 Å². The molecule has 0 aromatic rings. The van der Waals surface area contributed by atoms with Crippen molar-refractivity contribution in [1.82, 2.24) is 9.80 Å². The molecule has 1 heterocycles. The van der Waals surface area contributed by atoms with Crippen molar-refractivity contribution < 1.29 is 13.2 Å². The molecular weight excluding hydrogens is 300 g/mol. The van der Waals surface area contributed by atoms with Gasteiger partial charge in [0, 0.05) is 44.9 Å². The Hall–Kier alpha value is -0.620. The Kier molecular flexibility index (Phi) is 4.78. The molecule has 6 heteroatoms. The van der Waals surface area contributed by atoms with Crippen LogP contribution in [0.5, 0.6) is 0 Å². The van der Waals surface area contributed by atoms with Crippen LogP contribution in [-0.4, -0.2) is 68.4 Å². The molecule has 3 fully saturated rings. The van der Waals surface area contributed by atoms with Crippen molar-refractivity contribution in [3.63, 3.8) is 0 Å². The topological polar surface area (TPSA) is 57.7 Å². The van der Waals surface area contributed by atoms with E-state index in [1.165, 1.54) is 31.9 Å². The molecule has 0 aromatic carbocycles. The van der Waals surface area contributed by atoms with Crippen LogP contribution in [0.1, 0.15) is 38.5 Å². The van der Waals surface area contributed by atoms with Crippen molar-refractivity contribution in [2.24, 2.45) is 11.8 Å². The van der Waals surface area contributed by atoms with Crippen LogP contribution in [0.3, 0.4) is 0 Å². The van der Waals surface area contributed by atoms with E-state index in [0.29, 0.717) is 12.8 Å². The molecule has 126 valence electrons. The average Bonchev–Trinajstić information content (AvgIpc) is 3.08. The summed E-state index contributed by atoms with van der Waals surface area (Å²) in [5.41, 5.74) is 0. The SMILES string of the molecule is CS(=O)(=O)CCCC(=O)N1CCN(C2CC3CCC2C3)CC1. The molecule has 2 aliphatic carbocycles. The summed E-state index contributed by atoms with van der Waals surface area (Å²) in [4.78, 5) is 16.7. The van der Waals surface area contributed by atoms with Gasteiger partial charge in [0.2, 0.25) is 5.91 Å². The third kappa shape index (κ3) is 3.82. The third-order valence-electron chi connectivity index (χ3n) is 5.74. The number of carbonyl (C=O) groups is 1. The van der Waals surface area contributed by atoms with Crippen LogP contribution in [0, 0.1) is 11.8 Å². The number of fused-ring (bicyclic) bond motifs is 2. The zero-order valence-electron chi connectivity index (χ0n) is 13.5. The van der Waals surface area contributed by atoms with Gasteiger partial charge in [-0.25, -0.2) is 8.42 Å². The molecule has 2 saturated carbocycles. The quantitative estimate of drug-likeness (QED) is 0.759. The number of rotatable bonds is 5. The van der Waals surface area contributed by atoms with Gasteiger partial charge in [0.25, 0.3) is 0 Å². The number of piperazine rings is 1. The van der Waals surface area contributed by atoms with Gasteiger partial charge in [0.15, 0.2) is 0 Å². The Morgan fingerprint density at radius 2 is 1.82 bits per heavy atom. The number of sulfone groups is 1. The molecule has 3 atom stereocenters. The molecule has 0 spiro atoms. The van der Waals surface area contributed by atoms with Gasteiger partial charge in [0.05, 0.1) is 5.75 Å². The van der Waals surface area contributed by atoms with E-state index in [4.69, 9.17) is 0 Å². The fourth-order valence-corrected chi connectivity index (χ4v) is 5.27. The lowest BCUT2D eigenvalue weighted by atomic mass is 9.93. The molecule has 1 amide bonds. The first kappa shape index (κ1) is 16.2. The molecular formula is C16H28N2O3S. The first-order chi connectivity index (χ1) is 10.4. The summed E-state index contributed by atoms with van der Waals surface area (Å²) < 4.78 is 22.2. The lowest BCUT2D eigenvalue weighted by Crippen LogP contribution is -2.53. The number of carbonyl (C=O) groups excluding carboxylic acids is 1. The third-order valence-corrected chi connectivity index (χ3v) is 6.77. The normalized spacial score (nSPS) is 32.6. The average molecular weight is 328 g/mol. The fraction of sp³-hybridized carbons (Fsp3) is 0.938. The second-order valence-electron chi connectivity index (χ2n) is 7.39. The summed E-state index contributed by atoms with van der Waals surface area (Å²) in [6.07, 6.45) is 7.67. The maximum absolute atomic E-state index is 12.2. The molecule has 3 aliphatic rings. The highest BCUT2D eigenvalue weighted by atomic mass is 32.2. The lowest BCUT2D eigenvalue weighted by molar-refractivity contribution is -0.133. The van der Waals surface area contributed by atoms with Gasteiger partial charge >= 0.3 is 0 Å². The highest BCUT2D eigenvalue weighted by Gasteiger charge is 2.42. The molecule has 5 nitrogen and oxygen atoms in total. The van der Waals surface area contributed by atoms with Gasteiger partial charge in [-0.15, -0.1) is 0 Å². The summed E-state index contributed by atoms with van der Waals surface area (Å²) in [7, 11) is -2.95. The summed E-state index contributed by atoms with van der Waals surface area (Å²) in [5.74, 6) is 2.10. The zero-order chi connectivity index (χ0) is 15.7. The summed E-state index contributed by atoms with van der Waals surface area (Å²) in [5, 5.41) is 0. The van der Waals surface area contributed by atoms with Crippen molar-refractivity contribution in [2.45, 2.75) is 44.6 Å². The van der Waals surface area contributed by atoms with Crippen LogP contribution in [0.4, 0.5) is 0 Å². The first-order valence-corrected chi connectivity index (χ1v) is 10.7. The fourth-order valence-electron chi connectivity index (χ4n) is 4.61. The maximum atomic E-state index is 12.2. The number of hydrogen-bond acceptors (Lipinski definition) is 4. The minimum atomic E-state index is -2.95. The molecule has 2 bridgehead atoms. The van der Waals surface area contributed by atoms with E-state index in [-0.39, 0.29) is 11.7 Å². The van der Waals surface area contributed by atoms with E-state index >= 15 is 0 Å². The standard InChI is InChI=1S/C16H28N2O3S/c1-22(20,21)10-2-3-16(19)18-8-6-17(7-9-18)15-12-13-4-5-14(15)11-13/h13-15H,2-12H2,1H3. The summed E-state index contributed by atoms with van der Waals surface area (Å²) in [6, 6.07) is 0.765. The molecule has 22 heavy (non-hydrogen) atoms. The van der Waals surface area contributed by atoms with Crippen LogP contribution in [-0.2, 0) is 14.6 Å². The second kappa shape index (κ2) is 6.48. The lowest BCUT2D eigenvalue weighted by Gasteiger charge is -2.41. The van der Waals surface area contributed by atoms with E-state index in [1.807, 2.05) is 4.90 Å². The van der Waals surface area contributed by atoms with Crippen LogP contribution in [0.2, 0.25) is 0 Å².